The molecule has 2 aliphatic rings. The summed E-state index contributed by atoms with van der Waals surface area (Å²) in [7, 11) is 0. The highest BCUT2D eigenvalue weighted by Crippen LogP contribution is 2.17. The third-order valence-electron chi connectivity index (χ3n) is 4.95. The third-order valence-corrected chi connectivity index (χ3v) is 4.95. The summed E-state index contributed by atoms with van der Waals surface area (Å²) in [4.78, 5) is 33.5. The van der Waals surface area contributed by atoms with Crippen molar-refractivity contribution in [2.24, 2.45) is 0 Å². The van der Waals surface area contributed by atoms with Crippen LogP contribution >= 0.6 is 0 Å². The molecule has 1 aromatic rings. The number of hydrogen-bond acceptors (Lipinski definition) is 8. The summed E-state index contributed by atoms with van der Waals surface area (Å²) < 4.78 is 5.04. The number of carbonyl (C=O) groups excluding carboxylic acids is 2. The van der Waals surface area contributed by atoms with Crippen molar-refractivity contribution in [3.8, 4) is 0 Å². The Balaban J connectivity index is 1.51. The molecule has 10 nitrogen and oxygen atoms in total. The minimum absolute atomic E-state index is 0.104. The molecule has 27 heavy (non-hydrogen) atoms. The zero-order valence-electron chi connectivity index (χ0n) is 15.9. The highest BCUT2D eigenvalue weighted by atomic mass is 16.6. The van der Waals surface area contributed by atoms with Gasteiger partial charge in [0, 0.05) is 52.2 Å². The molecule has 3 heterocycles. The number of piperazine rings is 1. The first-order valence-electron chi connectivity index (χ1n) is 9.45. The first-order chi connectivity index (χ1) is 13.1. The van der Waals surface area contributed by atoms with Crippen LogP contribution in [0.1, 0.15) is 26.7 Å². The molecule has 10 heteroatoms. The lowest BCUT2D eigenvalue weighted by Crippen LogP contribution is -2.48. The Morgan fingerprint density at radius 3 is 2.48 bits per heavy atom. The third kappa shape index (κ3) is 4.95. The van der Waals surface area contributed by atoms with Gasteiger partial charge in [0.05, 0.1) is 12.8 Å². The summed E-state index contributed by atoms with van der Waals surface area (Å²) in [6.45, 7) is 7.94. The number of rotatable bonds is 4. The standard InChI is InChI=1S/C17H27N7O3/c1-3-27-17(26)24-6-4-14(5-7-24)19-16-20-15(12-18-21-16)23-10-8-22(9-11-23)13(2)25/h12,14H,3-11H2,1-2H3,(H,19,20,21). The Labute approximate surface area is 158 Å². The molecule has 148 valence electrons. The van der Waals surface area contributed by atoms with E-state index < -0.39 is 0 Å². The number of likely N-dealkylation sites (tertiary alicyclic amines) is 1. The predicted octanol–water partition coefficient (Wildman–Crippen LogP) is 0.573. The Morgan fingerprint density at radius 1 is 1.15 bits per heavy atom. The van der Waals surface area contributed by atoms with Gasteiger partial charge in [-0.05, 0) is 19.8 Å². The lowest BCUT2D eigenvalue weighted by molar-refractivity contribution is -0.129. The molecular weight excluding hydrogens is 350 g/mol. The van der Waals surface area contributed by atoms with E-state index in [1.165, 1.54) is 0 Å². The number of anilines is 2. The molecule has 0 radical (unpaired) electrons. The summed E-state index contributed by atoms with van der Waals surface area (Å²) in [5.41, 5.74) is 0. The highest BCUT2D eigenvalue weighted by Gasteiger charge is 2.25. The fourth-order valence-corrected chi connectivity index (χ4v) is 3.36. The van der Waals surface area contributed by atoms with Gasteiger partial charge in [-0.1, -0.05) is 0 Å². The molecule has 0 atom stereocenters. The van der Waals surface area contributed by atoms with Crippen LogP contribution in [0.4, 0.5) is 16.6 Å². The molecule has 0 spiro atoms. The molecule has 2 amide bonds. The Hall–Kier alpha value is -2.65. The van der Waals surface area contributed by atoms with Crippen LogP contribution in [0.15, 0.2) is 6.20 Å². The van der Waals surface area contributed by atoms with Crippen LogP contribution in [0.2, 0.25) is 0 Å². The number of piperidine rings is 1. The second-order valence-corrected chi connectivity index (χ2v) is 6.74. The van der Waals surface area contributed by atoms with Crippen LogP contribution in [0, 0.1) is 0 Å². The van der Waals surface area contributed by atoms with Crippen molar-refractivity contribution in [2.75, 3.05) is 56.1 Å². The van der Waals surface area contributed by atoms with E-state index in [9.17, 15) is 9.59 Å². The number of aromatic nitrogens is 3. The smallest absolute Gasteiger partial charge is 0.409 e. The molecule has 0 aliphatic carbocycles. The van der Waals surface area contributed by atoms with Crippen LogP contribution in [0.5, 0.6) is 0 Å². The summed E-state index contributed by atoms with van der Waals surface area (Å²) in [6, 6.07) is 0.197. The lowest BCUT2D eigenvalue weighted by Gasteiger charge is -2.35. The molecule has 3 rings (SSSR count). The van der Waals surface area contributed by atoms with Crippen molar-refractivity contribution in [3.05, 3.63) is 6.20 Å². The lowest BCUT2D eigenvalue weighted by atomic mass is 10.1. The molecule has 2 aliphatic heterocycles. The van der Waals surface area contributed by atoms with Gasteiger partial charge in [0.15, 0.2) is 5.82 Å². The van der Waals surface area contributed by atoms with Gasteiger partial charge in [-0.15, -0.1) is 5.10 Å². The monoisotopic (exact) mass is 377 g/mol. The van der Waals surface area contributed by atoms with Gasteiger partial charge in [-0.3, -0.25) is 4.79 Å². The van der Waals surface area contributed by atoms with E-state index in [1.54, 1.807) is 18.0 Å². The molecule has 2 saturated heterocycles. The molecular formula is C17H27N7O3. The van der Waals surface area contributed by atoms with Crippen LogP contribution in [-0.2, 0) is 9.53 Å². The van der Waals surface area contributed by atoms with Gasteiger partial charge < -0.3 is 24.8 Å². The Bertz CT molecular complexity index is 656. The predicted molar refractivity (Wildman–Crippen MR) is 99.5 cm³/mol. The van der Waals surface area contributed by atoms with E-state index in [2.05, 4.69) is 25.4 Å². The maximum absolute atomic E-state index is 11.8. The molecule has 1 aromatic heterocycles. The fraction of sp³-hybridized carbons (Fsp3) is 0.706. The van der Waals surface area contributed by atoms with Crippen LogP contribution in [-0.4, -0.2) is 88.9 Å². The second-order valence-electron chi connectivity index (χ2n) is 6.74. The Morgan fingerprint density at radius 2 is 1.85 bits per heavy atom. The van der Waals surface area contributed by atoms with Crippen LogP contribution < -0.4 is 10.2 Å². The minimum Gasteiger partial charge on any atom is -0.450 e. The Kier molecular flexibility index (Phi) is 6.25. The zero-order chi connectivity index (χ0) is 19.2. The van der Waals surface area contributed by atoms with Gasteiger partial charge in [0.25, 0.3) is 0 Å². The van der Waals surface area contributed by atoms with Gasteiger partial charge in [-0.25, -0.2) is 4.79 Å². The van der Waals surface area contributed by atoms with Crippen molar-refractivity contribution in [3.63, 3.8) is 0 Å². The SMILES string of the molecule is CCOC(=O)N1CCC(Nc2nncc(N3CCN(C(C)=O)CC3)n2)CC1. The number of hydrogen-bond donors (Lipinski definition) is 1. The van der Waals surface area contributed by atoms with E-state index in [0.29, 0.717) is 38.7 Å². The molecule has 2 fully saturated rings. The average Bonchev–Trinajstić information content (AvgIpc) is 2.69. The van der Waals surface area contributed by atoms with Crippen molar-refractivity contribution in [1.82, 2.24) is 25.0 Å². The van der Waals surface area contributed by atoms with Crippen LogP contribution in [0.3, 0.4) is 0 Å². The number of ether oxygens (including phenoxy) is 1. The number of nitrogens with one attached hydrogen (secondary N) is 1. The highest BCUT2D eigenvalue weighted by molar-refractivity contribution is 5.73. The first-order valence-corrected chi connectivity index (χ1v) is 9.45. The maximum atomic E-state index is 11.8. The van der Waals surface area contributed by atoms with E-state index in [-0.39, 0.29) is 18.0 Å². The van der Waals surface area contributed by atoms with Crippen LogP contribution in [0.25, 0.3) is 0 Å². The van der Waals surface area contributed by atoms with Gasteiger partial charge in [0.2, 0.25) is 11.9 Å². The molecule has 0 unspecified atom stereocenters. The van der Waals surface area contributed by atoms with Gasteiger partial charge in [-0.2, -0.15) is 10.1 Å². The number of nitrogens with zero attached hydrogens (tertiary/aromatic N) is 6. The summed E-state index contributed by atoms with van der Waals surface area (Å²) in [5, 5.41) is 11.5. The summed E-state index contributed by atoms with van der Waals surface area (Å²) in [6.07, 6.45) is 3.02. The van der Waals surface area contributed by atoms with E-state index in [1.807, 2.05) is 11.8 Å². The summed E-state index contributed by atoms with van der Waals surface area (Å²) >= 11 is 0. The van der Waals surface area contributed by atoms with Gasteiger partial charge in [0.1, 0.15) is 0 Å². The minimum atomic E-state index is -0.249. The van der Waals surface area contributed by atoms with E-state index in [0.717, 1.165) is 31.7 Å². The first kappa shape index (κ1) is 19.1. The average molecular weight is 377 g/mol. The zero-order valence-corrected chi connectivity index (χ0v) is 15.9. The fourth-order valence-electron chi connectivity index (χ4n) is 3.36. The van der Waals surface area contributed by atoms with Crippen molar-refractivity contribution >= 4 is 23.8 Å². The maximum Gasteiger partial charge on any atom is 0.409 e. The largest absolute Gasteiger partial charge is 0.450 e. The van der Waals surface area contributed by atoms with Crippen molar-refractivity contribution < 1.29 is 14.3 Å². The molecule has 0 saturated carbocycles. The number of amides is 2. The normalized spacial score (nSPS) is 18.4. The van der Waals surface area contributed by atoms with Gasteiger partial charge >= 0.3 is 6.09 Å². The van der Waals surface area contributed by atoms with Crippen molar-refractivity contribution in [1.29, 1.82) is 0 Å². The molecule has 0 aromatic carbocycles. The quantitative estimate of drug-likeness (QED) is 0.812. The van der Waals surface area contributed by atoms with E-state index >= 15 is 0 Å². The second kappa shape index (κ2) is 8.83. The molecule has 0 bridgehead atoms. The number of carbonyl (C=O) groups is 2. The van der Waals surface area contributed by atoms with E-state index in [4.69, 9.17) is 4.74 Å². The molecule has 1 N–H and O–H groups in total. The topological polar surface area (TPSA) is 104 Å². The summed E-state index contributed by atoms with van der Waals surface area (Å²) in [5.74, 6) is 1.36. The van der Waals surface area contributed by atoms with Crippen molar-refractivity contribution in [2.45, 2.75) is 32.7 Å².